The van der Waals surface area contributed by atoms with Crippen LogP contribution in [0.3, 0.4) is 0 Å². The van der Waals surface area contributed by atoms with E-state index in [4.69, 9.17) is 11.6 Å². The Morgan fingerprint density at radius 1 is 1.36 bits per heavy atom. The van der Waals surface area contributed by atoms with Crippen LogP contribution in [0.5, 0.6) is 0 Å². The van der Waals surface area contributed by atoms with Gasteiger partial charge in [0.15, 0.2) is 5.78 Å². The first-order valence-corrected chi connectivity index (χ1v) is 9.68. The molecule has 8 heteroatoms. The number of carbonyl (C=O) groups excluding carboxylic acids is 2. The summed E-state index contributed by atoms with van der Waals surface area (Å²) in [5.74, 6) is -1.07. The summed E-state index contributed by atoms with van der Waals surface area (Å²) in [6, 6.07) is 5.45. The number of hydrogen-bond donors (Lipinski definition) is 1. The van der Waals surface area contributed by atoms with E-state index in [-0.39, 0.29) is 23.5 Å². The molecule has 0 bridgehead atoms. The Bertz CT molecular complexity index is 786. The highest BCUT2D eigenvalue weighted by atomic mass is 35.5. The molecule has 2 atom stereocenters. The number of halogens is 1. The Morgan fingerprint density at radius 2 is 2.00 bits per heavy atom. The summed E-state index contributed by atoms with van der Waals surface area (Å²) in [4.78, 5) is 23.7. The van der Waals surface area contributed by atoms with Crippen molar-refractivity contribution < 1.29 is 22.7 Å². The average Bonchev–Trinajstić information content (AvgIpc) is 2.57. The monoisotopic (exact) mass is 385 g/mol. The fourth-order valence-corrected chi connectivity index (χ4v) is 4.06. The van der Waals surface area contributed by atoms with Crippen LogP contribution in [0.1, 0.15) is 26.2 Å². The van der Waals surface area contributed by atoms with E-state index in [0.717, 1.165) is 0 Å². The number of esters is 1. The molecule has 1 saturated carbocycles. The fraction of sp³-hybridized carbons (Fsp3) is 0.412. The normalized spacial score (nSPS) is 21.2. The van der Waals surface area contributed by atoms with E-state index in [9.17, 15) is 18.0 Å². The zero-order valence-corrected chi connectivity index (χ0v) is 15.6. The Hall–Kier alpha value is -1.70. The van der Waals surface area contributed by atoms with Crippen molar-refractivity contribution in [3.8, 4) is 0 Å². The number of sulfonamides is 1. The molecule has 1 fully saturated rings. The van der Waals surface area contributed by atoms with E-state index < -0.39 is 28.0 Å². The van der Waals surface area contributed by atoms with E-state index in [0.29, 0.717) is 17.0 Å². The number of carbonyl (C=O) groups is 2. The highest BCUT2D eigenvalue weighted by molar-refractivity contribution is 7.89. The molecule has 0 radical (unpaired) electrons. The SMILES string of the molecule is COC(=O)C(C)C=C1CC(NS(=O)(=O)c2ccc(Cl)cc2)CCC1=O. The first-order chi connectivity index (χ1) is 11.7. The minimum atomic E-state index is -3.71. The summed E-state index contributed by atoms with van der Waals surface area (Å²) in [7, 11) is -2.42. The topological polar surface area (TPSA) is 89.5 Å². The van der Waals surface area contributed by atoms with Gasteiger partial charge in [0.25, 0.3) is 0 Å². The standard InChI is InChI=1S/C17H20ClNO5S/c1-11(17(21)24-2)9-12-10-14(5-8-16(12)20)19-25(22,23)15-6-3-13(18)4-7-15/h3-4,6-7,9,11,14,19H,5,8,10H2,1-2H3. The average molecular weight is 386 g/mol. The Kier molecular flexibility index (Phi) is 6.37. The van der Waals surface area contributed by atoms with Gasteiger partial charge in [-0.3, -0.25) is 9.59 Å². The summed E-state index contributed by atoms with van der Waals surface area (Å²) in [5, 5.41) is 0.448. The second kappa shape index (κ2) is 8.12. The minimum Gasteiger partial charge on any atom is -0.469 e. The van der Waals surface area contributed by atoms with Gasteiger partial charge in [-0.15, -0.1) is 0 Å². The van der Waals surface area contributed by atoms with Crippen LogP contribution in [-0.2, 0) is 24.3 Å². The Balaban J connectivity index is 2.13. The van der Waals surface area contributed by atoms with Gasteiger partial charge in [-0.2, -0.15) is 0 Å². The van der Waals surface area contributed by atoms with Gasteiger partial charge >= 0.3 is 5.97 Å². The summed E-state index contributed by atoms with van der Waals surface area (Å²) in [6.45, 7) is 1.63. The molecule has 1 aromatic rings. The van der Waals surface area contributed by atoms with Crippen molar-refractivity contribution in [1.82, 2.24) is 4.72 Å². The Morgan fingerprint density at radius 3 is 2.60 bits per heavy atom. The predicted octanol–water partition coefficient (Wildman–Crippen LogP) is 2.48. The van der Waals surface area contributed by atoms with Gasteiger partial charge in [-0.05, 0) is 49.6 Å². The molecule has 2 rings (SSSR count). The van der Waals surface area contributed by atoms with Crippen LogP contribution in [-0.4, -0.2) is 33.3 Å². The number of rotatable bonds is 5. The molecule has 0 amide bonds. The lowest BCUT2D eigenvalue weighted by Gasteiger charge is -2.24. The van der Waals surface area contributed by atoms with Gasteiger partial charge in [-0.1, -0.05) is 17.7 Å². The number of benzene rings is 1. The molecule has 6 nitrogen and oxygen atoms in total. The number of methoxy groups -OCH3 is 1. The minimum absolute atomic E-state index is 0.0716. The van der Waals surface area contributed by atoms with Gasteiger partial charge in [0.2, 0.25) is 10.0 Å². The number of hydrogen-bond acceptors (Lipinski definition) is 5. The largest absolute Gasteiger partial charge is 0.469 e. The van der Waals surface area contributed by atoms with Gasteiger partial charge in [-0.25, -0.2) is 13.1 Å². The van der Waals surface area contributed by atoms with Gasteiger partial charge in [0.1, 0.15) is 0 Å². The third kappa shape index (κ3) is 5.14. The third-order valence-corrected chi connectivity index (χ3v) is 5.80. The maximum atomic E-state index is 12.4. The van der Waals surface area contributed by atoms with Crippen molar-refractivity contribution in [2.75, 3.05) is 7.11 Å². The van der Waals surface area contributed by atoms with Crippen LogP contribution in [0.15, 0.2) is 40.8 Å². The summed E-state index contributed by atoms with van der Waals surface area (Å²) < 4.78 is 32.2. The van der Waals surface area contributed by atoms with E-state index in [2.05, 4.69) is 9.46 Å². The lowest BCUT2D eigenvalue weighted by atomic mass is 9.88. The molecule has 1 aliphatic carbocycles. The zero-order chi connectivity index (χ0) is 18.6. The van der Waals surface area contributed by atoms with Crippen molar-refractivity contribution in [1.29, 1.82) is 0 Å². The summed E-state index contributed by atoms with van der Waals surface area (Å²) >= 11 is 5.78. The maximum Gasteiger partial charge on any atom is 0.312 e. The molecular weight excluding hydrogens is 366 g/mol. The molecule has 0 heterocycles. The van der Waals surface area contributed by atoms with Crippen LogP contribution in [0.25, 0.3) is 0 Å². The van der Waals surface area contributed by atoms with Crippen LogP contribution in [0.2, 0.25) is 5.02 Å². The lowest BCUT2D eigenvalue weighted by molar-refractivity contribution is -0.143. The highest BCUT2D eigenvalue weighted by Crippen LogP contribution is 2.24. The first-order valence-electron chi connectivity index (χ1n) is 7.82. The van der Waals surface area contributed by atoms with Crippen molar-refractivity contribution in [3.63, 3.8) is 0 Å². The van der Waals surface area contributed by atoms with Crippen LogP contribution in [0, 0.1) is 5.92 Å². The molecule has 0 aromatic heterocycles. The molecule has 0 aliphatic heterocycles. The fourth-order valence-electron chi connectivity index (χ4n) is 2.67. The molecule has 2 unspecified atom stereocenters. The maximum absolute atomic E-state index is 12.4. The van der Waals surface area contributed by atoms with Crippen LogP contribution < -0.4 is 4.72 Å². The number of ketones is 1. The number of nitrogens with one attached hydrogen (secondary N) is 1. The quantitative estimate of drug-likeness (QED) is 0.621. The first kappa shape index (κ1) is 19.6. The molecular formula is C17H20ClNO5S. The van der Waals surface area contributed by atoms with E-state index in [1.165, 1.54) is 31.4 Å². The second-order valence-electron chi connectivity index (χ2n) is 5.94. The summed E-state index contributed by atoms with van der Waals surface area (Å²) in [5.41, 5.74) is 0.452. The van der Waals surface area contributed by atoms with E-state index in [1.807, 2.05) is 0 Å². The summed E-state index contributed by atoms with van der Waals surface area (Å²) in [6.07, 6.45) is 2.44. The molecule has 136 valence electrons. The van der Waals surface area contributed by atoms with Crippen molar-refractivity contribution >= 4 is 33.4 Å². The molecule has 0 saturated heterocycles. The zero-order valence-electron chi connectivity index (χ0n) is 14.0. The van der Waals surface area contributed by atoms with Crippen LogP contribution in [0.4, 0.5) is 0 Å². The van der Waals surface area contributed by atoms with Crippen molar-refractivity contribution in [3.05, 3.63) is 40.9 Å². The van der Waals surface area contributed by atoms with E-state index in [1.54, 1.807) is 13.0 Å². The van der Waals surface area contributed by atoms with Gasteiger partial charge < -0.3 is 4.74 Å². The molecule has 1 aliphatic rings. The number of Topliss-reactive ketones (excluding diaryl/α,β-unsaturated/α-hetero) is 1. The molecule has 0 spiro atoms. The second-order valence-corrected chi connectivity index (χ2v) is 8.09. The smallest absolute Gasteiger partial charge is 0.312 e. The highest BCUT2D eigenvalue weighted by Gasteiger charge is 2.28. The third-order valence-electron chi connectivity index (χ3n) is 4.01. The van der Waals surface area contributed by atoms with E-state index >= 15 is 0 Å². The molecule has 1 N–H and O–H groups in total. The lowest BCUT2D eigenvalue weighted by Crippen LogP contribution is -2.38. The van der Waals surface area contributed by atoms with Gasteiger partial charge in [0, 0.05) is 17.5 Å². The van der Waals surface area contributed by atoms with Gasteiger partial charge in [0.05, 0.1) is 17.9 Å². The number of ether oxygens (including phenoxy) is 1. The molecule has 25 heavy (non-hydrogen) atoms. The Labute approximate surface area is 152 Å². The van der Waals surface area contributed by atoms with Crippen LogP contribution >= 0.6 is 11.6 Å². The predicted molar refractivity (Wildman–Crippen MR) is 93.7 cm³/mol. The van der Waals surface area contributed by atoms with Crippen molar-refractivity contribution in [2.24, 2.45) is 5.92 Å². The van der Waals surface area contributed by atoms with Crippen molar-refractivity contribution in [2.45, 2.75) is 37.1 Å². The molecule has 1 aromatic carbocycles.